The molecule has 9 nitrogen and oxygen atoms in total. The number of nitrogens with two attached hydrogens (primary N) is 1. The van der Waals surface area contributed by atoms with Crippen molar-refractivity contribution in [3.05, 3.63) is 71.9 Å². The summed E-state index contributed by atoms with van der Waals surface area (Å²) in [5, 5.41) is 17.1. The Bertz CT molecular complexity index is 1420. The van der Waals surface area contributed by atoms with Gasteiger partial charge in [0.2, 0.25) is 10.0 Å². The number of sulfonamides is 1. The fourth-order valence-electron chi connectivity index (χ4n) is 4.29. The van der Waals surface area contributed by atoms with Crippen molar-refractivity contribution in [3.8, 4) is 6.07 Å². The Hall–Kier alpha value is -3.89. The van der Waals surface area contributed by atoms with Crippen LogP contribution in [-0.2, 0) is 21.7 Å². The standard InChI is InChI=1S/C24H23F3N6O3S/c25-24(26,27)17-6-8-19(9-7-17)37(35,36)32-14-11-23(10-13-28,12-15-32)33-16-20(21(29)34)22(31-33)30-18-4-2-1-3-5-18/h1-9,16H,10-12,14-15H2,(H2,29,34)(H,30,31). The van der Waals surface area contributed by atoms with Crippen LogP contribution < -0.4 is 11.1 Å². The average Bonchev–Trinajstić information content (AvgIpc) is 3.29. The first-order valence-electron chi connectivity index (χ1n) is 11.2. The van der Waals surface area contributed by atoms with Gasteiger partial charge in [-0.15, -0.1) is 0 Å². The Morgan fingerprint density at radius 1 is 1.11 bits per heavy atom. The number of amides is 1. The van der Waals surface area contributed by atoms with Crippen LogP contribution >= 0.6 is 0 Å². The zero-order valence-corrected chi connectivity index (χ0v) is 20.3. The van der Waals surface area contributed by atoms with Crippen LogP contribution in [0.4, 0.5) is 24.7 Å². The summed E-state index contributed by atoms with van der Waals surface area (Å²) in [5.41, 5.74) is 4.48. The summed E-state index contributed by atoms with van der Waals surface area (Å²) in [4.78, 5) is 11.9. The second kappa shape index (κ2) is 9.87. The van der Waals surface area contributed by atoms with Gasteiger partial charge >= 0.3 is 6.18 Å². The third-order valence-corrected chi connectivity index (χ3v) is 8.30. The molecule has 0 atom stereocenters. The van der Waals surface area contributed by atoms with Gasteiger partial charge < -0.3 is 11.1 Å². The van der Waals surface area contributed by atoms with Crippen LogP contribution in [-0.4, -0.2) is 41.5 Å². The molecule has 1 aliphatic rings. The number of piperidine rings is 1. The van der Waals surface area contributed by atoms with E-state index in [9.17, 15) is 31.6 Å². The number of primary amides is 1. The number of aromatic nitrogens is 2. The number of rotatable bonds is 7. The van der Waals surface area contributed by atoms with Gasteiger partial charge in [0.15, 0.2) is 5.82 Å². The third-order valence-electron chi connectivity index (χ3n) is 6.38. The smallest absolute Gasteiger partial charge is 0.365 e. The normalized spacial score (nSPS) is 16.2. The number of benzene rings is 2. The van der Waals surface area contributed by atoms with Gasteiger partial charge in [0, 0.05) is 25.0 Å². The summed E-state index contributed by atoms with van der Waals surface area (Å²) in [5.74, 6) is -0.519. The lowest BCUT2D eigenvalue weighted by molar-refractivity contribution is -0.137. The highest BCUT2D eigenvalue weighted by Crippen LogP contribution is 2.37. The van der Waals surface area contributed by atoms with Crippen molar-refractivity contribution in [1.29, 1.82) is 5.26 Å². The Labute approximate surface area is 211 Å². The number of anilines is 2. The van der Waals surface area contributed by atoms with Gasteiger partial charge in [-0.25, -0.2) is 8.42 Å². The van der Waals surface area contributed by atoms with Gasteiger partial charge in [-0.05, 0) is 49.2 Å². The molecule has 0 spiro atoms. The van der Waals surface area contributed by atoms with Crippen LogP contribution in [0.5, 0.6) is 0 Å². The second-order valence-electron chi connectivity index (χ2n) is 8.68. The fourth-order valence-corrected chi connectivity index (χ4v) is 5.73. The van der Waals surface area contributed by atoms with Crippen molar-refractivity contribution in [1.82, 2.24) is 14.1 Å². The van der Waals surface area contributed by atoms with E-state index in [-0.39, 0.29) is 48.6 Å². The van der Waals surface area contributed by atoms with E-state index in [1.165, 1.54) is 15.2 Å². The van der Waals surface area contributed by atoms with E-state index in [1.54, 1.807) is 24.3 Å². The first-order chi connectivity index (χ1) is 17.5. The first kappa shape index (κ1) is 26.2. The van der Waals surface area contributed by atoms with Gasteiger partial charge in [0.25, 0.3) is 5.91 Å². The fraction of sp³-hybridized carbons (Fsp3) is 0.292. The molecule has 4 rings (SSSR count). The number of hydrogen-bond donors (Lipinski definition) is 2. The zero-order chi connectivity index (χ0) is 26.8. The van der Waals surface area contributed by atoms with E-state index in [0.29, 0.717) is 5.69 Å². The predicted molar refractivity (Wildman–Crippen MR) is 128 cm³/mol. The van der Waals surface area contributed by atoms with Crippen molar-refractivity contribution in [2.45, 2.75) is 35.9 Å². The Morgan fingerprint density at radius 3 is 2.27 bits per heavy atom. The van der Waals surface area contributed by atoms with Crippen LogP contribution in [0.25, 0.3) is 0 Å². The Kier molecular flexibility index (Phi) is 6.98. The molecule has 0 saturated carbocycles. The number of nitriles is 1. The average molecular weight is 533 g/mol. The molecule has 0 aliphatic carbocycles. The maximum absolute atomic E-state index is 13.1. The highest BCUT2D eigenvalue weighted by Gasteiger charge is 2.41. The van der Waals surface area contributed by atoms with E-state index < -0.39 is 33.2 Å². The minimum absolute atomic E-state index is 0.00174. The van der Waals surface area contributed by atoms with Crippen LogP contribution in [0.1, 0.15) is 35.2 Å². The van der Waals surface area contributed by atoms with Gasteiger partial charge in [-0.2, -0.15) is 27.8 Å². The second-order valence-corrected chi connectivity index (χ2v) is 10.6. The lowest BCUT2D eigenvalue weighted by atomic mass is 9.86. The number of carbonyl (C=O) groups excluding carboxylic acids is 1. The molecular formula is C24H23F3N6O3S. The largest absolute Gasteiger partial charge is 0.416 e. The van der Waals surface area contributed by atoms with E-state index in [1.807, 2.05) is 6.07 Å². The summed E-state index contributed by atoms with van der Waals surface area (Å²) in [7, 11) is -4.06. The Morgan fingerprint density at radius 2 is 1.73 bits per heavy atom. The molecule has 1 aliphatic heterocycles. The quantitative estimate of drug-likeness (QED) is 0.475. The molecule has 0 radical (unpaired) electrons. The number of nitrogens with one attached hydrogen (secondary N) is 1. The van der Waals surface area contributed by atoms with Gasteiger partial charge in [-0.3, -0.25) is 9.48 Å². The molecule has 0 unspecified atom stereocenters. The van der Waals surface area contributed by atoms with Gasteiger partial charge in [0.1, 0.15) is 5.56 Å². The monoisotopic (exact) mass is 532 g/mol. The number of nitrogens with zero attached hydrogens (tertiary/aromatic N) is 4. The maximum Gasteiger partial charge on any atom is 0.416 e. The molecule has 3 aromatic rings. The summed E-state index contributed by atoms with van der Waals surface area (Å²) >= 11 is 0. The minimum atomic E-state index is -4.58. The van der Waals surface area contributed by atoms with E-state index in [4.69, 9.17) is 5.73 Å². The van der Waals surface area contributed by atoms with Crippen molar-refractivity contribution >= 4 is 27.4 Å². The topological polar surface area (TPSA) is 134 Å². The molecule has 194 valence electrons. The SMILES string of the molecule is N#CCC1(n2cc(C(N)=O)c(Nc3ccccc3)n2)CCN(S(=O)(=O)c2ccc(C(F)(F)F)cc2)CC1. The molecule has 1 aromatic heterocycles. The number of carbonyl (C=O) groups is 1. The summed E-state index contributed by atoms with van der Waals surface area (Å²) < 4.78 is 67.4. The zero-order valence-electron chi connectivity index (χ0n) is 19.4. The lowest BCUT2D eigenvalue weighted by Gasteiger charge is -2.40. The van der Waals surface area contributed by atoms with Crippen LogP contribution in [0, 0.1) is 11.3 Å². The molecular weight excluding hydrogens is 509 g/mol. The minimum Gasteiger partial charge on any atom is -0.365 e. The number of halogens is 3. The lowest BCUT2D eigenvalue weighted by Crippen LogP contribution is -2.48. The number of hydrogen-bond acceptors (Lipinski definition) is 6. The van der Waals surface area contributed by atoms with Crippen molar-refractivity contribution in [2.75, 3.05) is 18.4 Å². The summed E-state index contributed by atoms with van der Waals surface area (Å²) in [6.07, 6.45) is -2.76. The van der Waals surface area contributed by atoms with Crippen molar-refractivity contribution in [2.24, 2.45) is 5.73 Å². The van der Waals surface area contributed by atoms with Crippen LogP contribution in [0.3, 0.4) is 0 Å². The van der Waals surface area contributed by atoms with Gasteiger partial charge in [0.05, 0.1) is 28.5 Å². The van der Waals surface area contributed by atoms with Gasteiger partial charge in [-0.1, -0.05) is 18.2 Å². The molecule has 1 saturated heterocycles. The van der Waals surface area contributed by atoms with Crippen molar-refractivity contribution in [3.63, 3.8) is 0 Å². The summed E-state index contributed by atoms with van der Waals surface area (Å²) in [6, 6.07) is 14.4. The molecule has 3 N–H and O–H groups in total. The molecule has 37 heavy (non-hydrogen) atoms. The van der Waals surface area contributed by atoms with E-state index >= 15 is 0 Å². The Balaban J connectivity index is 1.59. The van der Waals surface area contributed by atoms with Crippen LogP contribution in [0.15, 0.2) is 65.7 Å². The number of para-hydroxylation sites is 1. The summed E-state index contributed by atoms with van der Waals surface area (Å²) in [6.45, 7) is -0.00348. The molecule has 2 heterocycles. The van der Waals surface area contributed by atoms with Crippen molar-refractivity contribution < 1.29 is 26.4 Å². The highest BCUT2D eigenvalue weighted by molar-refractivity contribution is 7.89. The molecule has 13 heteroatoms. The van der Waals surface area contributed by atoms with E-state index in [2.05, 4.69) is 16.5 Å². The molecule has 1 amide bonds. The predicted octanol–water partition coefficient (Wildman–Crippen LogP) is 3.84. The molecule has 2 aromatic carbocycles. The first-order valence-corrected chi connectivity index (χ1v) is 12.7. The molecule has 0 bridgehead atoms. The number of alkyl halides is 3. The van der Waals surface area contributed by atoms with Crippen LogP contribution in [0.2, 0.25) is 0 Å². The van der Waals surface area contributed by atoms with E-state index in [0.717, 1.165) is 24.3 Å². The highest BCUT2D eigenvalue weighted by atomic mass is 32.2. The molecule has 1 fully saturated rings. The third kappa shape index (κ3) is 5.30. The maximum atomic E-state index is 13.1.